The molecule has 5 nitrogen and oxygen atoms in total. The van der Waals surface area contributed by atoms with Gasteiger partial charge in [-0.15, -0.1) is 0 Å². The van der Waals surface area contributed by atoms with Crippen LogP contribution in [0.4, 0.5) is 0 Å². The second-order valence-corrected chi connectivity index (χ2v) is 12.4. The second-order valence-electron chi connectivity index (χ2n) is 12.4. The normalized spacial score (nSPS) is 11.6. The van der Waals surface area contributed by atoms with Crippen LogP contribution in [0.2, 0.25) is 0 Å². The van der Waals surface area contributed by atoms with E-state index in [-0.39, 0.29) is 0 Å². The van der Waals surface area contributed by atoms with Crippen molar-refractivity contribution in [3.8, 4) is 56.4 Å². The number of benzene rings is 7. The molecular weight excluding hydrogens is 615 g/mol. The van der Waals surface area contributed by atoms with Crippen molar-refractivity contribution in [2.24, 2.45) is 0 Å². The van der Waals surface area contributed by atoms with E-state index in [4.69, 9.17) is 23.8 Å². The molecule has 0 spiro atoms. The first-order valence-electron chi connectivity index (χ1n) is 16.6. The summed E-state index contributed by atoms with van der Waals surface area (Å²) in [4.78, 5) is 15.3. The summed E-state index contributed by atoms with van der Waals surface area (Å²) in [6.07, 6.45) is 0. The van der Waals surface area contributed by atoms with E-state index in [9.17, 15) is 0 Å². The third-order valence-electron chi connectivity index (χ3n) is 9.37. The summed E-state index contributed by atoms with van der Waals surface area (Å²) in [7, 11) is 0. The minimum Gasteiger partial charge on any atom is -0.456 e. The molecule has 0 aliphatic heterocycles. The average Bonchev–Trinajstić information content (AvgIpc) is 3.76. The molecule has 0 fully saturated rings. The molecule has 0 aliphatic carbocycles. The summed E-state index contributed by atoms with van der Waals surface area (Å²) in [5.74, 6) is 1.80. The molecule has 0 unspecified atom stereocenters. The maximum Gasteiger partial charge on any atom is 0.164 e. The zero-order valence-corrected chi connectivity index (χ0v) is 26.7. The largest absolute Gasteiger partial charge is 0.456 e. The monoisotopic (exact) mass is 641 g/mol. The van der Waals surface area contributed by atoms with Gasteiger partial charge in [0.2, 0.25) is 0 Å². The average molecular weight is 642 g/mol. The van der Waals surface area contributed by atoms with Crippen LogP contribution in [-0.4, -0.2) is 15.0 Å². The molecule has 50 heavy (non-hydrogen) atoms. The number of nitrogens with zero attached hydrogens (tertiary/aromatic N) is 3. The lowest BCUT2D eigenvalue weighted by Crippen LogP contribution is -2.01. The molecule has 0 aliphatic rings. The molecule has 0 bridgehead atoms. The summed E-state index contributed by atoms with van der Waals surface area (Å²) in [5, 5.41) is 4.32. The third kappa shape index (κ3) is 4.60. The van der Waals surface area contributed by atoms with Gasteiger partial charge in [-0.3, -0.25) is 0 Å². The molecule has 234 valence electrons. The fraction of sp³-hybridized carbons (Fsp3) is 0. The summed E-state index contributed by atoms with van der Waals surface area (Å²) >= 11 is 0. The van der Waals surface area contributed by atoms with Crippen LogP contribution in [0.15, 0.2) is 173 Å². The van der Waals surface area contributed by atoms with E-state index >= 15 is 0 Å². The summed E-state index contributed by atoms with van der Waals surface area (Å²) in [5.41, 5.74) is 10.0. The standard InChI is InChI=1S/C45H27N3O2/c1-3-13-28(14-4-1)43-46-44(29-15-5-2-6-16-29)48-45(47-43)37-22-11-19-34(36-21-12-20-35-32-18-8-10-24-39(32)50-42(35)36)41(37)30-25-26-33-31-17-7-9-23-38(31)49-40(33)27-30/h1-27H. The van der Waals surface area contributed by atoms with E-state index in [1.807, 2.05) is 97.1 Å². The molecule has 0 saturated carbocycles. The van der Waals surface area contributed by atoms with Crippen LogP contribution in [0, 0.1) is 0 Å². The first-order valence-corrected chi connectivity index (χ1v) is 16.6. The molecule has 3 heterocycles. The minimum absolute atomic E-state index is 0.580. The van der Waals surface area contributed by atoms with Crippen molar-refractivity contribution in [2.45, 2.75) is 0 Å². The van der Waals surface area contributed by atoms with Crippen molar-refractivity contribution < 1.29 is 8.83 Å². The topological polar surface area (TPSA) is 65.0 Å². The highest BCUT2D eigenvalue weighted by molar-refractivity contribution is 6.12. The highest BCUT2D eigenvalue weighted by Gasteiger charge is 2.22. The van der Waals surface area contributed by atoms with Crippen molar-refractivity contribution in [3.05, 3.63) is 164 Å². The van der Waals surface area contributed by atoms with Crippen molar-refractivity contribution in [1.29, 1.82) is 0 Å². The third-order valence-corrected chi connectivity index (χ3v) is 9.37. The second kappa shape index (κ2) is 11.4. The number of fused-ring (bicyclic) bond motifs is 6. The molecule has 0 N–H and O–H groups in total. The van der Waals surface area contributed by atoms with Crippen LogP contribution in [0.3, 0.4) is 0 Å². The van der Waals surface area contributed by atoms with E-state index in [0.29, 0.717) is 17.5 Å². The Labute approximate surface area is 287 Å². The van der Waals surface area contributed by atoms with E-state index in [1.54, 1.807) is 0 Å². The molecule has 0 amide bonds. The highest BCUT2D eigenvalue weighted by atomic mass is 16.3. The Hall–Kier alpha value is -6.85. The molecule has 0 atom stereocenters. The van der Waals surface area contributed by atoms with Gasteiger partial charge in [0.15, 0.2) is 17.5 Å². The zero-order valence-electron chi connectivity index (χ0n) is 26.7. The number of para-hydroxylation sites is 3. The number of furan rings is 2. The van der Waals surface area contributed by atoms with E-state index in [1.165, 1.54) is 0 Å². The van der Waals surface area contributed by atoms with E-state index in [0.717, 1.165) is 82.8 Å². The molecule has 3 aromatic heterocycles. The van der Waals surface area contributed by atoms with Gasteiger partial charge in [-0.05, 0) is 35.4 Å². The van der Waals surface area contributed by atoms with Crippen molar-refractivity contribution >= 4 is 43.9 Å². The lowest BCUT2D eigenvalue weighted by Gasteiger charge is -2.16. The van der Waals surface area contributed by atoms with E-state index in [2.05, 4.69) is 66.7 Å². The van der Waals surface area contributed by atoms with Crippen LogP contribution in [0.25, 0.3) is 100 Å². The number of rotatable bonds is 5. The van der Waals surface area contributed by atoms with Crippen LogP contribution >= 0.6 is 0 Å². The molecule has 0 saturated heterocycles. The molecule has 7 aromatic carbocycles. The van der Waals surface area contributed by atoms with Gasteiger partial charge in [-0.25, -0.2) is 15.0 Å². The van der Waals surface area contributed by atoms with Gasteiger partial charge >= 0.3 is 0 Å². The Bertz CT molecular complexity index is 2810. The fourth-order valence-electron chi connectivity index (χ4n) is 7.04. The molecule has 10 rings (SSSR count). The van der Waals surface area contributed by atoms with Gasteiger partial charge in [0, 0.05) is 49.4 Å². The molecular formula is C45H27N3O2. The Morgan fingerprint density at radius 2 is 0.840 bits per heavy atom. The Morgan fingerprint density at radius 1 is 0.320 bits per heavy atom. The minimum atomic E-state index is 0.580. The van der Waals surface area contributed by atoms with Crippen molar-refractivity contribution in [2.75, 3.05) is 0 Å². The van der Waals surface area contributed by atoms with Crippen LogP contribution in [0.5, 0.6) is 0 Å². The van der Waals surface area contributed by atoms with Crippen LogP contribution in [0.1, 0.15) is 0 Å². The van der Waals surface area contributed by atoms with Gasteiger partial charge in [0.1, 0.15) is 22.3 Å². The molecule has 5 heteroatoms. The van der Waals surface area contributed by atoms with Crippen LogP contribution < -0.4 is 0 Å². The maximum atomic E-state index is 6.58. The quantitative estimate of drug-likeness (QED) is 0.187. The number of hydrogen-bond donors (Lipinski definition) is 0. The Kier molecular flexibility index (Phi) is 6.42. The lowest BCUT2D eigenvalue weighted by molar-refractivity contribution is 0.669. The number of hydrogen-bond acceptors (Lipinski definition) is 5. The summed E-state index contributed by atoms with van der Waals surface area (Å²) in [6.45, 7) is 0. The smallest absolute Gasteiger partial charge is 0.164 e. The van der Waals surface area contributed by atoms with Gasteiger partial charge in [-0.1, -0.05) is 140 Å². The summed E-state index contributed by atoms with van der Waals surface area (Å²) in [6, 6.07) is 55.6. The van der Waals surface area contributed by atoms with Gasteiger partial charge < -0.3 is 8.83 Å². The SMILES string of the molecule is c1ccc(-c2nc(-c3ccccc3)nc(-c3cccc(-c4cccc5c4oc4ccccc45)c3-c3ccc4c(c3)oc3ccccc34)n2)cc1. The van der Waals surface area contributed by atoms with Gasteiger partial charge in [0.25, 0.3) is 0 Å². The Balaban J connectivity index is 1.28. The first kappa shape index (κ1) is 28.2. The zero-order chi connectivity index (χ0) is 33.0. The number of aromatic nitrogens is 3. The van der Waals surface area contributed by atoms with Gasteiger partial charge in [0.05, 0.1) is 0 Å². The van der Waals surface area contributed by atoms with Gasteiger partial charge in [-0.2, -0.15) is 0 Å². The fourth-order valence-corrected chi connectivity index (χ4v) is 7.04. The van der Waals surface area contributed by atoms with Crippen molar-refractivity contribution in [3.63, 3.8) is 0 Å². The highest BCUT2D eigenvalue weighted by Crippen LogP contribution is 2.45. The van der Waals surface area contributed by atoms with Crippen LogP contribution in [-0.2, 0) is 0 Å². The molecule has 10 aromatic rings. The maximum absolute atomic E-state index is 6.58. The first-order chi connectivity index (χ1) is 24.8. The lowest BCUT2D eigenvalue weighted by atomic mass is 9.89. The van der Waals surface area contributed by atoms with Crippen molar-refractivity contribution in [1.82, 2.24) is 15.0 Å². The van der Waals surface area contributed by atoms with E-state index < -0.39 is 0 Å². The summed E-state index contributed by atoms with van der Waals surface area (Å²) < 4.78 is 13.0. The predicted octanol–water partition coefficient (Wildman–Crippen LogP) is 12.0. The predicted molar refractivity (Wildman–Crippen MR) is 202 cm³/mol. The molecule has 0 radical (unpaired) electrons. The Morgan fingerprint density at radius 3 is 1.56 bits per heavy atom.